The van der Waals surface area contributed by atoms with Crippen LogP contribution in [0.5, 0.6) is 0 Å². The number of unbranched alkanes of at least 4 members (excludes halogenated alkanes) is 2. The van der Waals surface area contributed by atoms with Gasteiger partial charge in [-0.05, 0) is 40.0 Å². The second-order valence-corrected chi connectivity index (χ2v) is 7.97. The summed E-state index contributed by atoms with van der Waals surface area (Å²) < 4.78 is 5.30. The van der Waals surface area contributed by atoms with E-state index in [1.54, 1.807) is 13.1 Å². The van der Waals surface area contributed by atoms with Gasteiger partial charge < -0.3 is 4.74 Å². The highest BCUT2D eigenvalue weighted by Gasteiger charge is 2.17. The molecular weight excluding hydrogens is 310 g/mol. The molecule has 0 amide bonds. The van der Waals surface area contributed by atoms with Crippen LogP contribution in [0.3, 0.4) is 0 Å². The molecule has 23 heavy (non-hydrogen) atoms. The number of carbonyl (C=O) groups excluding carboxylic acids is 2. The normalized spacial score (nSPS) is 12.9. The monoisotopic (exact) mass is 339 g/mol. The first-order valence-electron chi connectivity index (χ1n) is 8.41. The Balaban J connectivity index is 2.30. The van der Waals surface area contributed by atoms with Gasteiger partial charge in [0.25, 0.3) is 0 Å². The maximum Gasteiger partial charge on any atom is 0.306 e. The lowest BCUT2D eigenvalue weighted by Crippen LogP contribution is -2.23. The average Bonchev–Trinajstić information content (AvgIpc) is 2.90. The summed E-state index contributed by atoms with van der Waals surface area (Å²) in [4.78, 5) is 28.1. The summed E-state index contributed by atoms with van der Waals surface area (Å²) >= 11 is 1.51. The van der Waals surface area contributed by atoms with Gasteiger partial charge in [0.1, 0.15) is 5.60 Å². The van der Waals surface area contributed by atoms with Crippen LogP contribution >= 0.6 is 11.3 Å². The number of nitrogens with zero attached hydrogens (tertiary/aromatic N) is 1. The highest BCUT2D eigenvalue weighted by Crippen LogP contribution is 2.29. The Morgan fingerprint density at radius 1 is 1.26 bits per heavy atom. The molecule has 0 bridgehead atoms. The van der Waals surface area contributed by atoms with Gasteiger partial charge in [0.2, 0.25) is 0 Å². The molecular formula is C18H29NO3S. The van der Waals surface area contributed by atoms with Gasteiger partial charge in [-0.1, -0.05) is 19.8 Å². The number of Topliss-reactive ketones (excluding diaryl/α,β-unsaturated/α-hetero) is 1. The zero-order valence-corrected chi connectivity index (χ0v) is 15.8. The highest BCUT2D eigenvalue weighted by molar-refractivity contribution is 7.13. The topological polar surface area (TPSA) is 56.3 Å². The average molecular weight is 340 g/mol. The number of thiazole rings is 1. The second kappa shape index (κ2) is 9.16. The summed E-state index contributed by atoms with van der Waals surface area (Å²) in [6, 6.07) is 0. The van der Waals surface area contributed by atoms with E-state index < -0.39 is 5.60 Å². The van der Waals surface area contributed by atoms with Gasteiger partial charge in [0.15, 0.2) is 5.78 Å². The number of hydrogen-bond donors (Lipinski definition) is 0. The van der Waals surface area contributed by atoms with Crippen LogP contribution in [-0.4, -0.2) is 22.3 Å². The van der Waals surface area contributed by atoms with E-state index in [2.05, 4.69) is 11.9 Å². The maximum atomic E-state index is 11.6. The molecule has 1 atom stereocenters. The van der Waals surface area contributed by atoms with Gasteiger partial charge in [-0.3, -0.25) is 9.59 Å². The van der Waals surface area contributed by atoms with Crippen molar-refractivity contribution in [2.24, 2.45) is 0 Å². The Morgan fingerprint density at radius 2 is 1.96 bits per heavy atom. The first kappa shape index (κ1) is 19.8. The first-order valence-corrected chi connectivity index (χ1v) is 9.23. The van der Waals surface area contributed by atoms with E-state index in [0.717, 1.165) is 42.0 Å². The van der Waals surface area contributed by atoms with Crippen LogP contribution in [0.15, 0.2) is 6.20 Å². The van der Waals surface area contributed by atoms with Gasteiger partial charge in [-0.15, -0.1) is 11.3 Å². The predicted octanol–water partition coefficient (Wildman–Crippen LogP) is 5.13. The third-order valence-corrected chi connectivity index (χ3v) is 4.83. The summed E-state index contributed by atoms with van der Waals surface area (Å²) in [6.07, 6.45) is 7.19. The van der Waals surface area contributed by atoms with Crippen molar-refractivity contribution in [2.75, 3.05) is 0 Å². The van der Waals surface area contributed by atoms with Crippen molar-refractivity contribution in [1.82, 2.24) is 4.98 Å². The standard InChI is InChI=1S/C18H29NO3S/c1-6-14(17-19-12-15(23-17)13(2)20)10-8-7-9-11-16(21)22-18(3,4)5/h12,14H,6-11H2,1-5H3. The minimum Gasteiger partial charge on any atom is -0.460 e. The van der Waals surface area contributed by atoms with E-state index in [1.807, 2.05) is 20.8 Å². The van der Waals surface area contributed by atoms with E-state index in [9.17, 15) is 9.59 Å². The number of ketones is 1. The minimum atomic E-state index is -0.399. The number of esters is 1. The lowest BCUT2D eigenvalue weighted by molar-refractivity contribution is -0.154. The van der Waals surface area contributed by atoms with Crippen molar-refractivity contribution in [1.29, 1.82) is 0 Å². The summed E-state index contributed by atoms with van der Waals surface area (Å²) in [5.74, 6) is 0.381. The van der Waals surface area contributed by atoms with Crippen LogP contribution < -0.4 is 0 Å². The molecule has 1 aromatic heterocycles. The van der Waals surface area contributed by atoms with Crippen LogP contribution in [0.1, 0.15) is 93.7 Å². The molecule has 4 nitrogen and oxygen atoms in total. The molecule has 0 saturated carbocycles. The van der Waals surface area contributed by atoms with Gasteiger partial charge >= 0.3 is 5.97 Å². The number of carbonyl (C=O) groups is 2. The molecule has 1 rings (SSSR count). The van der Waals surface area contributed by atoms with Crippen molar-refractivity contribution in [3.8, 4) is 0 Å². The van der Waals surface area contributed by atoms with E-state index in [-0.39, 0.29) is 11.8 Å². The summed E-state index contributed by atoms with van der Waals surface area (Å²) in [5.41, 5.74) is -0.399. The molecule has 0 aliphatic heterocycles. The molecule has 1 unspecified atom stereocenters. The van der Waals surface area contributed by atoms with Crippen LogP contribution in [0, 0.1) is 0 Å². The predicted molar refractivity (Wildman–Crippen MR) is 94.1 cm³/mol. The van der Waals surface area contributed by atoms with Crippen LogP contribution in [0.2, 0.25) is 0 Å². The van der Waals surface area contributed by atoms with Crippen molar-refractivity contribution in [3.05, 3.63) is 16.1 Å². The molecule has 130 valence electrons. The molecule has 1 heterocycles. The quantitative estimate of drug-likeness (QED) is 0.355. The fourth-order valence-electron chi connectivity index (χ4n) is 2.37. The Kier molecular flexibility index (Phi) is 7.89. The third-order valence-electron chi connectivity index (χ3n) is 3.57. The summed E-state index contributed by atoms with van der Waals surface area (Å²) in [6.45, 7) is 9.40. The zero-order valence-electron chi connectivity index (χ0n) is 15.0. The van der Waals surface area contributed by atoms with Crippen molar-refractivity contribution < 1.29 is 14.3 Å². The largest absolute Gasteiger partial charge is 0.460 e. The zero-order chi connectivity index (χ0) is 17.5. The Labute approximate surface area is 143 Å². The fraction of sp³-hybridized carbons (Fsp3) is 0.722. The Bertz CT molecular complexity index is 517. The van der Waals surface area contributed by atoms with E-state index in [1.165, 1.54) is 11.3 Å². The SMILES string of the molecule is CCC(CCCCCC(=O)OC(C)(C)C)c1ncc(C(C)=O)s1. The Hall–Kier alpha value is -1.23. The molecule has 5 heteroatoms. The number of ether oxygens (including phenoxy) is 1. The third kappa shape index (κ3) is 7.73. The molecule has 0 aromatic carbocycles. The van der Waals surface area contributed by atoms with Crippen LogP contribution in [-0.2, 0) is 9.53 Å². The Morgan fingerprint density at radius 3 is 2.48 bits per heavy atom. The highest BCUT2D eigenvalue weighted by atomic mass is 32.1. The van der Waals surface area contributed by atoms with E-state index in [4.69, 9.17) is 4.74 Å². The van der Waals surface area contributed by atoms with Gasteiger partial charge in [0.05, 0.1) is 9.88 Å². The van der Waals surface area contributed by atoms with Gasteiger partial charge in [-0.2, -0.15) is 0 Å². The van der Waals surface area contributed by atoms with Crippen LogP contribution in [0.25, 0.3) is 0 Å². The van der Waals surface area contributed by atoms with Gasteiger partial charge in [0, 0.05) is 25.5 Å². The fourth-order valence-corrected chi connectivity index (χ4v) is 3.40. The number of aromatic nitrogens is 1. The molecule has 0 fully saturated rings. The number of hydrogen-bond acceptors (Lipinski definition) is 5. The maximum absolute atomic E-state index is 11.6. The molecule has 0 aliphatic carbocycles. The van der Waals surface area contributed by atoms with Crippen LogP contribution in [0.4, 0.5) is 0 Å². The van der Waals surface area contributed by atoms with Crippen molar-refractivity contribution >= 4 is 23.1 Å². The molecule has 0 N–H and O–H groups in total. The number of rotatable bonds is 9. The van der Waals surface area contributed by atoms with Crippen molar-refractivity contribution in [2.45, 2.75) is 84.7 Å². The first-order chi connectivity index (χ1) is 10.7. The van der Waals surface area contributed by atoms with Gasteiger partial charge in [-0.25, -0.2) is 4.98 Å². The molecule has 0 spiro atoms. The minimum absolute atomic E-state index is 0.0842. The second-order valence-electron chi connectivity index (χ2n) is 6.91. The lowest BCUT2D eigenvalue weighted by Gasteiger charge is -2.19. The molecule has 0 aliphatic rings. The summed E-state index contributed by atoms with van der Waals surface area (Å²) in [7, 11) is 0. The van der Waals surface area contributed by atoms with Crippen molar-refractivity contribution in [3.63, 3.8) is 0 Å². The summed E-state index contributed by atoms with van der Waals surface area (Å²) in [5, 5.41) is 1.06. The van der Waals surface area contributed by atoms with E-state index in [0.29, 0.717) is 12.3 Å². The molecule has 1 aromatic rings. The smallest absolute Gasteiger partial charge is 0.306 e. The van der Waals surface area contributed by atoms with E-state index >= 15 is 0 Å². The molecule has 0 radical (unpaired) electrons. The lowest BCUT2D eigenvalue weighted by atomic mass is 9.99. The molecule has 0 saturated heterocycles.